The lowest BCUT2D eigenvalue weighted by atomic mass is 9.87. The number of hydrogen-bond donors (Lipinski definition) is 1. The summed E-state index contributed by atoms with van der Waals surface area (Å²) < 4.78 is 1.84. The summed E-state index contributed by atoms with van der Waals surface area (Å²) in [6.45, 7) is 6.97. The number of rotatable bonds is 7. The van der Waals surface area contributed by atoms with Crippen LogP contribution in [0.1, 0.15) is 52.0 Å². The fraction of sp³-hybridized carbons (Fsp3) is 0.444. The topological polar surface area (TPSA) is 69.8 Å². The maximum absolute atomic E-state index is 8.96. The Bertz CT molecular complexity index is 1070. The van der Waals surface area contributed by atoms with Crippen LogP contribution in [0.4, 0.5) is 11.5 Å². The molecule has 1 atom stereocenters. The van der Waals surface area contributed by atoms with Gasteiger partial charge in [0.05, 0.1) is 11.8 Å². The molecule has 1 aliphatic rings. The van der Waals surface area contributed by atoms with Gasteiger partial charge in [0, 0.05) is 48.8 Å². The van der Waals surface area contributed by atoms with Gasteiger partial charge in [-0.1, -0.05) is 26.0 Å². The van der Waals surface area contributed by atoms with Gasteiger partial charge in [0.1, 0.15) is 11.9 Å². The second kappa shape index (κ2) is 10.1. The molecule has 1 aliphatic carbocycles. The van der Waals surface area contributed by atoms with Crippen molar-refractivity contribution in [1.29, 1.82) is 5.26 Å². The molecule has 172 valence electrons. The number of benzene rings is 1. The van der Waals surface area contributed by atoms with E-state index in [1.165, 1.54) is 11.3 Å². The first-order valence-corrected chi connectivity index (χ1v) is 11.9. The van der Waals surface area contributed by atoms with Gasteiger partial charge < -0.3 is 10.2 Å². The van der Waals surface area contributed by atoms with Crippen LogP contribution in [0, 0.1) is 17.2 Å². The highest BCUT2D eigenvalue weighted by Gasteiger charge is 2.30. The van der Waals surface area contributed by atoms with Crippen molar-refractivity contribution in [3.05, 3.63) is 60.6 Å². The van der Waals surface area contributed by atoms with Gasteiger partial charge in [0.25, 0.3) is 0 Å². The number of nitrogens with zero attached hydrogens (tertiary/aromatic N) is 5. The Labute approximate surface area is 197 Å². The summed E-state index contributed by atoms with van der Waals surface area (Å²) >= 11 is 0. The molecule has 0 radical (unpaired) electrons. The number of pyridine rings is 1. The summed E-state index contributed by atoms with van der Waals surface area (Å²) in [5, 5.41) is 16.8. The standard InChI is InChI=1S/C27H34N6/c1-19(2)20(3)33(25-10-6-22(7-11-25)23-17-30-32(4)18-23)26-12-8-24(9-13-26)31-27-14-5-21(15-28)16-29-27/h5-7,10-11,14,16-20,24,26H,8-9,12-13H2,1-4H3,(H,29,31)/t20-,24?,26?/m1/s1. The van der Waals surface area contributed by atoms with E-state index in [0.717, 1.165) is 37.1 Å². The van der Waals surface area contributed by atoms with Gasteiger partial charge in [0.15, 0.2) is 0 Å². The molecule has 2 aromatic heterocycles. The Morgan fingerprint density at radius 2 is 1.73 bits per heavy atom. The second-order valence-corrected chi connectivity index (χ2v) is 9.54. The summed E-state index contributed by atoms with van der Waals surface area (Å²) in [4.78, 5) is 7.03. The SMILES string of the molecule is CC(C)[C@@H](C)N(c1ccc(-c2cnn(C)c2)cc1)C1CCC(Nc2ccc(C#N)cn2)CC1. The van der Waals surface area contributed by atoms with E-state index in [-0.39, 0.29) is 0 Å². The van der Waals surface area contributed by atoms with Crippen molar-refractivity contribution >= 4 is 11.5 Å². The quantitative estimate of drug-likeness (QED) is 0.514. The van der Waals surface area contributed by atoms with E-state index in [1.807, 2.05) is 30.1 Å². The van der Waals surface area contributed by atoms with Gasteiger partial charge >= 0.3 is 0 Å². The van der Waals surface area contributed by atoms with E-state index >= 15 is 0 Å². The van der Waals surface area contributed by atoms with Crippen LogP contribution < -0.4 is 10.2 Å². The van der Waals surface area contributed by atoms with Crippen LogP contribution in [0.3, 0.4) is 0 Å². The van der Waals surface area contributed by atoms with Crippen molar-refractivity contribution in [3.63, 3.8) is 0 Å². The zero-order valence-electron chi connectivity index (χ0n) is 20.1. The smallest absolute Gasteiger partial charge is 0.126 e. The third kappa shape index (κ3) is 5.36. The Hall–Kier alpha value is -3.33. The molecule has 6 heteroatoms. The van der Waals surface area contributed by atoms with Gasteiger partial charge in [-0.15, -0.1) is 0 Å². The van der Waals surface area contributed by atoms with Gasteiger partial charge in [-0.25, -0.2) is 4.98 Å². The van der Waals surface area contributed by atoms with Crippen LogP contribution in [0.5, 0.6) is 0 Å². The molecular formula is C27H34N6. The van der Waals surface area contributed by atoms with E-state index in [1.54, 1.807) is 6.20 Å². The molecule has 1 aromatic carbocycles. The zero-order valence-corrected chi connectivity index (χ0v) is 20.1. The third-order valence-electron chi connectivity index (χ3n) is 6.94. The molecule has 1 saturated carbocycles. The molecule has 0 aliphatic heterocycles. The van der Waals surface area contributed by atoms with Gasteiger partial charge in [-0.3, -0.25) is 4.68 Å². The normalized spacial score (nSPS) is 19.2. The number of aromatic nitrogens is 3. The summed E-state index contributed by atoms with van der Waals surface area (Å²) in [7, 11) is 1.95. The monoisotopic (exact) mass is 442 g/mol. The predicted molar refractivity (Wildman–Crippen MR) is 134 cm³/mol. The minimum absolute atomic E-state index is 0.422. The molecule has 0 amide bonds. The highest BCUT2D eigenvalue weighted by atomic mass is 15.2. The first-order valence-electron chi connectivity index (χ1n) is 11.9. The molecule has 33 heavy (non-hydrogen) atoms. The first kappa shape index (κ1) is 22.8. The number of aryl methyl sites for hydroxylation is 1. The van der Waals surface area contributed by atoms with Crippen LogP contribution >= 0.6 is 0 Å². The van der Waals surface area contributed by atoms with Crippen LogP contribution in [0.15, 0.2) is 55.0 Å². The van der Waals surface area contributed by atoms with E-state index in [9.17, 15) is 0 Å². The predicted octanol–water partition coefficient (Wildman–Crippen LogP) is 5.63. The average Bonchev–Trinajstić information content (AvgIpc) is 3.27. The largest absolute Gasteiger partial charge is 0.367 e. The number of anilines is 2. The minimum atomic E-state index is 0.422. The van der Waals surface area contributed by atoms with Crippen molar-refractivity contribution in [1.82, 2.24) is 14.8 Å². The average molecular weight is 443 g/mol. The number of hydrogen-bond acceptors (Lipinski definition) is 5. The van der Waals surface area contributed by atoms with E-state index in [4.69, 9.17) is 5.26 Å². The molecule has 0 spiro atoms. The molecule has 3 aromatic rings. The highest BCUT2D eigenvalue weighted by Crippen LogP contribution is 2.33. The van der Waals surface area contributed by atoms with Crippen LogP contribution in [-0.4, -0.2) is 32.9 Å². The number of nitrogens with one attached hydrogen (secondary N) is 1. The Morgan fingerprint density at radius 3 is 2.27 bits per heavy atom. The fourth-order valence-corrected chi connectivity index (χ4v) is 4.75. The van der Waals surface area contributed by atoms with Crippen molar-refractivity contribution < 1.29 is 0 Å². The number of nitriles is 1. The second-order valence-electron chi connectivity index (χ2n) is 9.54. The van der Waals surface area contributed by atoms with Crippen molar-refractivity contribution in [3.8, 4) is 17.2 Å². The Balaban J connectivity index is 1.45. The fourth-order valence-electron chi connectivity index (χ4n) is 4.75. The van der Waals surface area contributed by atoms with Gasteiger partial charge in [-0.05, 0) is 68.4 Å². The molecule has 1 fully saturated rings. The lowest BCUT2D eigenvalue weighted by molar-refractivity contribution is 0.347. The molecule has 1 N–H and O–H groups in total. The minimum Gasteiger partial charge on any atom is -0.367 e. The van der Waals surface area contributed by atoms with Crippen LogP contribution in [0.25, 0.3) is 11.1 Å². The van der Waals surface area contributed by atoms with E-state index < -0.39 is 0 Å². The van der Waals surface area contributed by atoms with Crippen LogP contribution in [0.2, 0.25) is 0 Å². The molecule has 0 saturated heterocycles. The third-order valence-corrected chi connectivity index (χ3v) is 6.94. The van der Waals surface area contributed by atoms with E-state index in [2.05, 4.69) is 77.6 Å². The van der Waals surface area contributed by atoms with Crippen molar-refractivity contribution in [2.75, 3.05) is 10.2 Å². The van der Waals surface area contributed by atoms with Crippen molar-refractivity contribution in [2.45, 2.75) is 64.6 Å². The molecule has 2 heterocycles. The van der Waals surface area contributed by atoms with Gasteiger partial charge in [-0.2, -0.15) is 10.4 Å². The van der Waals surface area contributed by atoms with Crippen molar-refractivity contribution in [2.24, 2.45) is 13.0 Å². The van der Waals surface area contributed by atoms with Crippen LogP contribution in [-0.2, 0) is 7.05 Å². The lowest BCUT2D eigenvalue weighted by Crippen LogP contribution is -2.47. The molecule has 4 rings (SSSR count). The summed E-state index contributed by atoms with van der Waals surface area (Å²) in [6.07, 6.45) is 10.1. The summed E-state index contributed by atoms with van der Waals surface area (Å²) in [5.74, 6) is 1.43. The highest BCUT2D eigenvalue weighted by molar-refractivity contribution is 5.65. The zero-order chi connectivity index (χ0) is 23.4. The first-order chi connectivity index (χ1) is 15.9. The lowest BCUT2D eigenvalue weighted by Gasteiger charge is -2.43. The van der Waals surface area contributed by atoms with E-state index in [0.29, 0.717) is 29.6 Å². The Kier molecular flexibility index (Phi) is 6.98. The molecule has 0 unspecified atom stereocenters. The van der Waals surface area contributed by atoms with Gasteiger partial charge in [0.2, 0.25) is 0 Å². The molecule has 0 bridgehead atoms. The maximum Gasteiger partial charge on any atom is 0.126 e. The molecule has 6 nitrogen and oxygen atoms in total. The molecular weight excluding hydrogens is 408 g/mol. The summed E-state index contributed by atoms with van der Waals surface area (Å²) in [6, 6.07) is 16.2. The Morgan fingerprint density at radius 1 is 1.00 bits per heavy atom. The summed E-state index contributed by atoms with van der Waals surface area (Å²) in [5.41, 5.74) is 4.24. The maximum atomic E-state index is 8.96.